The van der Waals surface area contributed by atoms with Gasteiger partial charge >= 0.3 is 0 Å². The molecule has 0 saturated carbocycles. The number of hydrogen-bond donors (Lipinski definition) is 1. The highest BCUT2D eigenvalue weighted by Gasteiger charge is 2.19. The molecule has 2 rings (SSSR count). The summed E-state index contributed by atoms with van der Waals surface area (Å²) < 4.78 is 0. The third kappa shape index (κ3) is 2.04. The van der Waals surface area contributed by atoms with Crippen LogP contribution in [0, 0.1) is 5.92 Å². The fourth-order valence-electron chi connectivity index (χ4n) is 1.99. The van der Waals surface area contributed by atoms with Crippen LogP contribution < -0.4 is 4.90 Å². The number of nitrogens with zero attached hydrogens (tertiary/aromatic N) is 2. The summed E-state index contributed by atoms with van der Waals surface area (Å²) in [6.07, 6.45) is 5.99. The van der Waals surface area contributed by atoms with Crippen LogP contribution >= 0.6 is 0 Å². The van der Waals surface area contributed by atoms with E-state index in [2.05, 4.69) is 16.0 Å². The van der Waals surface area contributed by atoms with Gasteiger partial charge in [-0.05, 0) is 30.9 Å². The Kier molecular flexibility index (Phi) is 2.99. The Morgan fingerprint density at radius 1 is 1.57 bits per heavy atom. The van der Waals surface area contributed by atoms with Crippen molar-refractivity contribution in [1.82, 2.24) is 4.98 Å². The quantitative estimate of drug-likeness (QED) is 0.767. The highest BCUT2D eigenvalue weighted by atomic mass is 16.3. The molecular weight excluding hydrogens is 176 g/mol. The van der Waals surface area contributed by atoms with Gasteiger partial charge in [0.1, 0.15) is 0 Å². The van der Waals surface area contributed by atoms with Crippen LogP contribution in [0.1, 0.15) is 12.8 Å². The second-order valence-electron chi connectivity index (χ2n) is 3.85. The van der Waals surface area contributed by atoms with Crippen molar-refractivity contribution in [3.8, 4) is 0 Å². The summed E-state index contributed by atoms with van der Waals surface area (Å²) in [6, 6.07) is 4.03. The van der Waals surface area contributed by atoms with Crippen molar-refractivity contribution in [3.05, 3.63) is 24.5 Å². The topological polar surface area (TPSA) is 36.4 Å². The van der Waals surface area contributed by atoms with Crippen LogP contribution in [-0.4, -0.2) is 29.8 Å². The lowest BCUT2D eigenvalue weighted by atomic mass is 9.99. The van der Waals surface area contributed by atoms with Crippen LogP contribution in [-0.2, 0) is 0 Å². The van der Waals surface area contributed by atoms with E-state index in [1.807, 2.05) is 12.3 Å². The Balaban J connectivity index is 2.04. The number of aliphatic hydroxyl groups excluding tert-OH is 1. The van der Waals surface area contributed by atoms with Gasteiger partial charge in [-0.15, -0.1) is 0 Å². The van der Waals surface area contributed by atoms with Crippen LogP contribution in [0.25, 0.3) is 0 Å². The number of rotatable bonds is 2. The van der Waals surface area contributed by atoms with E-state index in [0.717, 1.165) is 19.5 Å². The van der Waals surface area contributed by atoms with E-state index >= 15 is 0 Å². The molecule has 1 aromatic rings. The Morgan fingerprint density at radius 2 is 2.50 bits per heavy atom. The van der Waals surface area contributed by atoms with Crippen molar-refractivity contribution in [2.24, 2.45) is 5.92 Å². The fourth-order valence-corrected chi connectivity index (χ4v) is 1.99. The number of hydrogen-bond acceptors (Lipinski definition) is 3. The standard InChI is InChI=1S/C11H16N2O/c14-9-10-3-2-6-13(8-10)11-4-1-5-12-7-11/h1,4-5,7,10,14H,2-3,6,8-9H2. The van der Waals surface area contributed by atoms with Gasteiger partial charge in [0.2, 0.25) is 0 Å². The van der Waals surface area contributed by atoms with Crippen molar-refractivity contribution in [2.45, 2.75) is 12.8 Å². The number of pyridine rings is 1. The summed E-state index contributed by atoms with van der Waals surface area (Å²) in [7, 11) is 0. The van der Waals surface area contributed by atoms with Gasteiger partial charge < -0.3 is 10.0 Å². The van der Waals surface area contributed by atoms with Crippen molar-refractivity contribution < 1.29 is 5.11 Å². The smallest absolute Gasteiger partial charge is 0.0552 e. The first-order chi connectivity index (χ1) is 6.90. The molecule has 2 heterocycles. The third-order valence-corrected chi connectivity index (χ3v) is 2.79. The van der Waals surface area contributed by atoms with Crippen LogP contribution in [0.3, 0.4) is 0 Å². The fraction of sp³-hybridized carbons (Fsp3) is 0.545. The van der Waals surface area contributed by atoms with Crippen molar-refractivity contribution in [1.29, 1.82) is 0 Å². The monoisotopic (exact) mass is 192 g/mol. The molecule has 1 fully saturated rings. The summed E-state index contributed by atoms with van der Waals surface area (Å²) >= 11 is 0. The van der Waals surface area contributed by atoms with Gasteiger partial charge in [-0.3, -0.25) is 4.98 Å². The highest BCUT2D eigenvalue weighted by Crippen LogP contribution is 2.21. The Hall–Kier alpha value is -1.09. The summed E-state index contributed by atoms with van der Waals surface area (Å²) in [5.74, 6) is 0.434. The van der Waals surface area contributed by atoms with Crippen molar-refractivity contribution in [3.63, 3.8) is 0 Å². The largest absolute Gasteiger partial charge is 0.396 e. The molecule has 1 aliphatic heterocycles. The zero-order chi connectivity index (χ0) is 9.80. The van der Waals surface area contributed by atoms with Gasteiger partial charge in [-0.2, -0.15) is 0 Å². The van der Waals surface area contributed by atoms with E-state index in [1.54, 1.807) is 6.20 Å². The summed E-state index contributed by atoms with van der Waals surface area (Å²) in [5.41, 5.74) is 1.17. The molecule has 1 aliphatic rings. The van der Waals surface area contributed by atoms with Crippen molar-refractivity contribution >= 4 is 5.69 Å². The molecule has 0 aliphatic carbocycles. The lowest BCUT2D eigenvalue weighted by molar-refractivity contribution is 0.208. The van der Waals surface area contributed by atoms with E-state index in [9.17, 15) is 0 Å². The Morgan fingerprint density at radius 3 is 3.21 bits per heavy atom. The molecule has 1 unspecified atom stereocenters. The molecular formula is C11H16N2O. The predicted octanol–water partition coefficient (Wildman–Crippen LogP) is 1.29. The van der Waals surface area contributed by atoms with Gasteiger partial charge in [-0.25, -0.2) is 0 Å². The summed E-state index contributed by atoms with van der Waals surface area (Å²) in [6.45, 7) is 2.35. The van der Waals surface area contributed by atoms with E-state index in [1.165, 1.54) is 12.1 Å². The lowest BCUT2D eigenvalue weighted by Gasteiger charge is -2.33. The molecule has 1 saturated heterocycles. The van der Waals surface area contributed by atoms with Gasteiger partial charge in [0.25, 0.3) is 0 Å². The molecule has 0 bridgehead atoms. The molecule has 0 spiro atoms. The first-order valence-electron chi connectivity index (χ1n) is 5.16. The van der Waals surface area contributed by atoms with E-state index in [4.69, 9.17) is 5.11 Å². The minimum Gasteiger partial charge on any atom is -0.396 e. The van der Waals surface area contributed by atoms with E-state index in [-0.39, 0.29) is 0 Å². The summed E-state index contributed by atoms with van der Waals surface area (Å²) in [4.78, 5) is 6.41. The molecule has 76 valence electrons. The molecule has 1 atom stereocenters. The molecule has 3 nitrogen and oxygen atoms in total. The maximum atomic E-state index is 9.11. The Labute approximate surface area is 84.4 Å². The molecule has 0 radical (unpaired) electrons. The molecule has 1 N–H and O–H groups in total. The minimum absolute atomic E-state index is 0.302. The number of piperidine rings is 1. The van der Waals surface area contributed by atoms with Crippen LogP contribution in [0.5, 0.6) is 0 Å². The minimum atomic E-state index is 0.302. The molecule has 1 aromatic heterocycles. The average Bonchev–Trinajstić information content (AvgIpc) is 2.30. The molecule has 0 aromatic carbocycles. The maximum Gasteiger partial charge on any atom is 0.0552 e. The normalized spacial score (nSPS) is 22.4. The van der Waals surface area contributed by atoms with Gasteiger partial charge in [0, 0.05) is 25.9 Å². The molecule has 14 heavy (non-hydrogen) atoms. The first-order valence-corrected chi connectivity index (χ1v) is 5.16. The average molecular weight is 192 g/mol. The van der Waals surface area contributed by atoms with Gasteiger partial charge in [0.05, 0.1) is 11.9 Å². The van der Waals surface area contributed by atoms with Gasteiger partial charge in [0.15, 0.2) is 0 Å². The Bertz CT molecular complexity index is 276. The van der Waals surface area contributed by atoms with Crippen LogP contribution in [0.15, 0.2) is 24.5 Å². The number of aliphatic hydroxyl groups is 1. The van der Waals surface area contributed by atoms with Crippen LogP contribution in [0.2, 0.25) is 0 Å². The highest BCUT2D eigenvalue weighted by molar-refractivity contribution is 5.43. The van der Waals surface area contributed by atoms with Crippen LogP contribution in [0.4, 0.5) is 5.69 Å². The van der Waals surface area contributed by atoms with E-state index in [0.29, 0.717) is 12.5 Å². The predicted molar refractivity (Wildman–Crippen MR) is 56.3 cm³/mol. The van der Waals surface area contributed by atoms with E-state index < -0.39 is 0 Å². The van der Waals surface area contributed by atoms with Crippen molar-refractivity contribution in [2.75, 3.05) is 24.6 Å². The molecule has 3 heteroatoms. The molecule has 0 amide bonds. The van der Waals surface area contributed by atoms with Gasteiger partial charge in [-0.1, -0.05) is 0 Å². The summed E-state index contributed by atoms with van der Waals surface area (Å²) in [5, 5.41) is 9.11. The lowest BCUT2D eigenvalue weighted by Crippen LogP contribution is -2.36. The second-order valence-corrected chi connectivity index (χ2v) is 3.85. The maximum absolute atomic E-state index is 9.11. The number of anilines is 1. The second kappa shape index (κ2) is 4.42. The SMILES string of the molecule is OCC1CCCN(c2cccnc2)C1. The third-order valence-electron chi connectivity index (χ3n) is 2.79. The zero-order valence-corrected chi connectivity index (χ0v) is 8.26. The zero-order valence-electron chi connectivity index (χ0n) is 8.26. The number of aromatic nitrogens is 1. The first kappa shape index (κ1) is 9.46.